The molecule has 1 atom stereocenters. The van der Waals surface area contributed by atoms with E-state index in [9.17, 15) is 0 Å². The molecule has 0 aromatic carbocycles. The molecular formula is C29H58S2. The van der Waals surface area contributed by atoms with Gasteiger partial charge >= 0.3 is 0 Å². The third kappa shape index (κ3) is 12.1. The van der Waals surface area contributed by atoms with Crippen LogP contribution in [0.1, 0.15) is 149 Å². The minimum atomic E-state index is 0.591. The van der Waals surface area contributed by atoms with Crippen molar-refractivity contribution >= 4 is 23.5 Å². The average Bonchev–Trinajstić information content (AvgIpc) is 2.79. The summed E-state index contributed by atoms with van der Waals surface area (Å²) in [5.41, 5.74) is 1.24. The standard InChI is InChI=1S/C29H58S2/c1-5-7-9-10-14-20-28(3,21-15-11-12-18-25-30-4)29(22-16-13-17-23-29)24-19-27-31-26-8-6-2/h5-27H2,1-4H3. The Kier molecular flexibility index (Phi) is 18.3. The molecule has 1 rings (SSSR count). The Bertz CT molecular complexity index is 388. The maximum atomic E-state index is 2.75. The van der Waals surface area contributed by atoms with Crippen LogP contribution in [0, 0.1) is 10.8 Å². The maximum absolute atomic E-state index is 2.75. The maximum Gasteiger partial charge on any atom is -0.00673 e. The molecule has 1 aliphatic carbocycles. The highest BCUT2D eigenvalue weighted by Gasteiger charge is 2.46. The van der Waals surface area contributed by atoms with Crippen LogP contribution in [-0.4, -0.2) is 23.5 Å². The number of hydrogen-bond donors (Lipinski definition) is 0. The zero-order valence-corrected chi connectivity index (χ0v) is 23.7. The summed E-state index contributed by atoms with van der Waals surface area (Å²) in [5.74, 6) is 4.14. The van der Waals surface area contributed by atoms with E-state index in [0.29, 0.717) is 10.8 Å². The first-order valence-electron chi connectivity index (χ1n) is 14.2. The number of rotatable bonds is 21. The van der Waals surface area contributed by atoms with Crippen LogP contribution in [0.2, 0.25) is 0 Å². The van der Waals surface area contributed by atoms with Crippen molar-refractivity contribution in [2.75, 3.05) is 23.5 Å². The van der Waals surface area contributed by atoms with E-state index in [2.05, 4.69) is 38.8 Å². The molecular weight excluding hydrogens is 412 g/mol. The summed E-state index contributed by atoms with van der Waals surface area (Å²) in [4.78, 5) is 0. The Hall–Kier alpha value is 0.700. The molecule has 1 saturated carbocycles. The third-order valence-corrected chi connectivity index (χ3v) is 10.2. The number of thioether (sulfide) groups is 2. The van der Waals surface area contributed by atoms with Gasteiger partial charge in [-0.1, -0.05) is 97.8 Å². The normalized spacial score (nSPS) is 18.2. The molecule has 0 nitrogen and oxygen atoms in total. The van der Waals surface area contributed by atoms with Gasteiger partial charge in [0.2, 0.25) is 0 Å². The second-order valence-electron chi connectivity index (χ2n) is 10.8. The second kappa shape index (κ2) is 19.1. The molecule has 1 unspecified atom stereocenters. The van der Waals surface area contributed by atoms with Gasteiger partial charge in [-0.25, -0.2) is 0 Å². The predicted molar refractivity (Wildman–Crippen MR) is 150 cm³/mol. The fourth-order valence-electron chi connectivity index (χ4n) is 6.13. The topological polar surface area (TPSA) is 0 Å². The lowest BCUT2D eigenvalue weighted by molar-refractivity contribution is -0.0170. The number of hydrogen-bond acceptors (Lipinski definition) is 2. The van der Waals surface area contributed by atoms with Gasteiger partial charge in [0, 0.05) is 0 Å². The van der Waals surface area contributed by atoms with Crippen molar-refractivity contribution in [3.63, 3.8) is 0 Å². The van der Waals surface area contributed by atoms with Crippen LogP contribution in [0.4, 0.5) is 0 Å². The summed E-state index contributed by atoms with van der Waals surface area (Å²) < 4.78 is 0. The van der Waals surface area contributed by atoms with Crippen molar-refractivity contribution in [3.05, 3.63) is 0 Å². The van der Waals surface area contributed by atoms with E-state index in [-0.39, 0.29) is 0 Å². The van der Waals surface area contributed by atoms with Crippen molar-refractivity contribution in [1.82, 2.24) is 0 Å². The quantitative estimate of drug-likeness (QED) is 0.153. The molecule has 1 aliphatic rings. The van der Waals surface area contributed by atoms with Crippen LogP contribution in [0.5, 0.6) is 0 Å². The minimum absolute atomic E-state index is 0.591. The molecule has 2 heteroatoms. The lowest BCUT2D eigenvalue weighted by atomic mass is 9.53. The smallest absolute Gasteiger partial charge is 0.00673 e. The van der Waals surface area contributed by atoms with Crippen LogP contribution in [0.15, 0.2) is 0 Å². The first-order chi connectivity index (χ1) is 15.1. The van der Waals surface area contributed by atoms with Gasteiger partial charge in [0.25, 0.3) is 0 Å². The van der Waals surface area contributed by atoms with E-state index in [1.807, 2.05) is 11.8 Å². The summed E-state index contributed by atoms with van der Waals surface area (Å²) in [6, 6.07) is 0. The van der Waals surface area contributed by atoms with Gasteiger partial charge in [-0.3, -0.25) is 0 Å². The Morgan fingerprint density at radius 3 is 1.84 bits per heavy atom. The van der Waals surface area contributed by atoms with Crippen molar-refractivity contribution in [3.8, 4) is 0 Å². The van der Waals surface area contributed by atoms with E-state index in [1.54, 1.807) is 0 Å². The zero-order chi connectivity index (χ0) is 22.7. The van der Waals surface area contributed by atoms with Gasteiger partial charge in [0.15, 0.2) is 0 Å². The summed E-state index contributed by atoms with van der Waals surface area (Å²) in [6.45, 7) is 7.42. The van der Waals surface area contributed by atoms with Crippen molar-refractivity contribution in [1.29, 1.82) is 0 Å². The Morgan fingerprint density at radius 2 is 1.23 bits per heavy atom. The van der Waals surface area contributed by atoms with Crippen molar-refractivity contribution in [2.45, 2.75) is 149 Å². The van der Waals surface area contributed by atoms with Gasteiger partial charge < -0.3 is 0 Å². The molecule has 186 valence electrons. The second-order valence-corrected chi connectivity index (χ2v) is 13.0. The monoisotopic (exact) mass is 470 g/mol. The SMILES string of the molecule is CCCCCCCC(C)(CCCCCCSC)C1(CCCSCCCC)CCCCC1. The molecule has 0 bridgehead atoms. The lowest BCUT2D eigenvalue weighted by Gasteiger charge is -2.52. The molecule has 0 aromatic rings. The Labute approximate surface area is 206 Å². The predicted octanol–water partition coefficient (Wildman–Crippen LogP) is 10.9. The molecule has 31 heavy (non-hydrogen) atoms. The zero-order valence-electron chi connectivity index (χ0n) is 22.1. The molecule has 0 spiro atoms. The molecule has 1 fully saturated rings. The van der Waals surface area contributed by atoms with Crippen molar-refractivity contribution < 1.29 is 0 Å². The van der Waals surface area contributed by atoms with Crippen LogP contribution >= 0.6 is 23.5 Å². The molecule has 0 N–H and O–H groups in total. The summed E-state index contributed by atoms with van der Waals surface area (Å²) in [7, 11) is 0. The van der Waals surface area contributed by atoms with E-state index in [4.69, 9.17) is 0 Å². The van der Waals surface area contributed by atoms with Gasteiger partial charge in [0.05, 0.1) is 0 Å². The molecule has 0 aromatic heterocycles. The van der Waals surface area contributed by atoms with Crippen LogP contribution < -0.4 is 0 Å². The largest absolute Gasteiger partial charge is 0.165 e. The first kappa shape index (κ1) is 29.7. The third-order valence-electron chi connectivity index (χ3n) is 8.34. The van der Waals surface area contributed by atoms with Crippen LogP contribution in [-0.2, 0) is 0 Å². The van der Waals surface area contributed by atoms with Crippen LogP contribution in [0.3, 0.4) is 0 Å². The fourth-order valence-corrected chi connectivity index (χ4v) is 7.67. The molecule has 0 saturated heterocycles. The highest BCUT2D eigenvalue weighted by Crippen LogP contribution is 2.57. The van der Waals surface area contributed by atoms with Gasteiger partial charge in [-0.2, -0.15) is 23.5 Å². The fraction of sp³-hybridized carbons (Fsp3) is 1.00. The summed E-state index contributed by atoms with van der Waals surface area (Å²) in [6.07, 6.45) is 31.6. The van der Waals surface area contributed by atoms with E-state index in [0.717, 1.165) is 0 Å². The van der Waals surface area contributed by atoms with E-state index >= 15 is 0 Å². The van der Waals surface area contributed by atoms with E-state index < -0.39 is 0 Å². The molecule has 0 radical (unpaired) electrons. The molecule has 0 heterocycles. The minimum Gasteiger partial charge on any atom is -0.165 e. The number of unbranched alkanes of at least 4 members (excludes halogenated alkanes) is 8. The van der Waals surface area contributed by atoms with Crippen molar-refractivity contribution in [2.24, 2.45) is 10.8 Å². The Balaban J connectivity index is 2.70. The highest BCUT2D eigenvalue weighted by atomic mass is 32.2. The van der Waals surface area contributed by atoms with Gasteiger partial charge in [-0.05, 0) is 85.7 Å². The summed E-state index contributed by atoms with van der Waals surface area (Å²) >= 11 is 4.25. The van der Waals surface area contributed by atoms with Crippen LogP contribution in [0.25, 0.3) is 0 Å². The molecule has 0 amide bonds. The summed E-state index contributed by atoms with van der Waals surface area (Å²) in [5, 5.41) is 0. The molecule has 0 aliphatic heterocycles. The van der Waals surface area contributed by atoms with Gasteiger partial charge in [0.1, 0.15) is 0 Å². The lowest BCUT2D eigenvalue weighted by Crippen LogP contribution is -2.42. The Morgan fingerprint density at radius 1 is 0.645 bits per heavy atom. The van der Waals surface area contributed by atoms with Gasteiger partial charge in [-0.15, -0.1) is 0 Å². The van der Waals surface area contributed by atoms with E-state index in [1.165, 1.54) is 146 Å². The first-order valence-corrected chi connectivity index (χ1v) is 16.8. The average molecular weight is 471 g/mol. The highest BCUT2D eigenvalue weighted by molar-refractivity contribution is 7.99.